The maximum Gasteiger partial charge on any atom is 0.123 e. The Morgan fingerprint density at radius 3 is 2.07 bits per heavy atom. The zero-order chi connectivity index (χ0) is 19.2. The van der Waals surface area contributed by atoms with Crippen LogP contribution in [0.25, 0.3) is 5.69 Å². The molecule has 4 rings (SSSR count). The zero-order valence-electron chi connectivity index (χ0n) is 15.6. The van der Waals surface area contributed by atoms with Gasteiger partial charge in [-0.2, -0.15) is 5.10 Å². The molecule has 4 aromatic rings. The van der Waals surface area contributed by atoms with Crippen LogP contribution in [-0.4, -0.2) is 14.9 Å². The van der Waals surface area contributed by atoms with E-state index in [1.807, 2.05) is 77.6 Å². The monoisotopic (exact) mass is 370 g/mol. The standard InChI is InChI=1S/C24H23N3O/c28-24(20-12-6-2-7-13-20)23-21(17-25-16-19-10-4-1-5-11-19)18-27(26-23)22-14-8-3-9-15-22/h1-15,18,24-25,28H,16-17H2/p+1/t24-/m0/s1. The molecule has 0 radical (unpaired) electrons. The first-order valence-electron chi connectivity index (χ1n) is 9.54. The summed E-state index contributed by atoms with van der Waals surface area (Å²) in [4.78, 5) is 0. The second kappa shape index (κ2) is 8.65. The van der Waals surface area contributed by atoms with E-state index in [2.05, 4.69) is 29.6 Å². The van der Waals surface area contributed by atoms with Gasteiger partial charge in [0, 0.05) is 11.8 Å². The fraction of sp³-hybridized carbons (Fsp3) is 0.125. The number of aliphatic hydroxyl groups is 1. The van der Waals surface area contributed by atoms with Crippen LogP contribution in [0.1, 0.15) is 28.5 Å². The lowest BCUT2D eigenvalue weighted by Gasteiger charge is -2.10. The van der Waals surface area contributed by atoms with Crippen LogP contribution >= 0.6 is 0 Å². The minimum atomic E-state index is -0.744. The lowest BCUT2D eigenvalue weighted by molar-refractivity contribution is -0.686. The van der Waals surface area contributed by atoms with E-state index in [1.165, 1.54) is 5.56 Å². The highest BCUT2D eigenvalue weighted by atomic mass is 16.3. The van der Waals surface area contributed by atoms with Crippen LogP contribution in [0, 0.1) is 0 Å². The summed E-state index contributed by atoms with van der Waals surface area (Å²) in [6.07, 6.45) is 1.28. The summed E-state index contributed by atoms with van der Waals surface area (Å²) in [7, 11) is 0. The third-order valence-electron chi connectivity index (χ3n) is 4.80. The molecule has 0 amide bonds. The summed E-state index contributed by atoms with van der Waals surface area (Å²) in [6.45, 7) is 1.64. The van der Waals surface area contributed by atoms with Gasteiger partial charge in [0.05, 0.1) is 11.3 Å². The molecular formula is C24H24N3O+. The van der Waals surface area contributed by atoms with Gasteiger partial charge < -0.3 is 10.4 Å². The van der Waals surface area contributed by atoms with Crippen molar-refractivity contribution in [1.29, 1.82) is 0 Å². The van der Waals surface area contributed by atoms with Gasteiger partial charge in [-0.15, -0.1) is 0 Å². The van der Waals surface area contributed by atoms with E-state index >= 15 is 0 Å². The molecule has 4 heteroatoms. The third kappa shape index (κ3) is 4.19. The van der Waals surface area contributed by atoms with Gasteiger partial charge in [0.15, 0.2) is 0 Å². The number of rotatable bonds is 7. The summed E-state index contributed by atoms with van der Waals surface area (Å²) in [5, 5.41) is 17.9. The number of hydrogen-bond donors (Lipinski definition) is 2. The summed E-state index contributed by atoms with van der Waals surface area (Å²) in [5.74, 6) is 0. The van der Waals surface area contributed by atoms with Crippen molar-refractivity contribution < 1.29 is 10.4 Å². The smallest absolute Gasteiger partial charge is 0.123 e. The highest BCUT2D eigenvalue weighted by Gasteiger charge is 2.20. The van der Waals surface area contributed by atoms with E-state index in [1.54, 1.807) is 0 Å². The Kier molecular flexibility index (Phi) is 5.61. The molecule has 0 spiro atoms. The summed E-state index contributed by atoms with van der Waals surface area (Å²) < 4.78 is 1.85. The van der Waals surface area contributed by atoms with Gasteiger partial charge in [-0.05, 0) is 17.7 Å². The molecule has 3 N–H and O–H groups in total. The van der Waals surface area contributed by atoms with Gasteiger partial charge in [-0.3, -0.25) is 0 Å². The zero-order valence-corrected chi connectivity index (χ0v) is 15.6. The molecule has 0 aliphatic heterocycles. The van der Waals surface area contributed by atoms with E-state index in [0.29, 0.717) is 5.69 Å². The second-order valence-corrected chi connectivity index (χ2v) is 6.82. The van der Waals surface area contributed by atoms with Crippen LogP contribution in [0.4, 0.5) is 0 Å². The molecule has 0 bridgehead atoms. The maximum absolute atomic E-state index is 11.0. The SMILES string of the molecule is O[C@@H](c1ccccc1)c1nn(-c2ccccc2)cc1C[NH2+]Cc1ccccc1. The van der Waals surface area contributed by atoms with Crippen LogP contribution < -0.4 is 5.32 Å². The van der Waals surface area contributed by atoms with Crippen LogP contribution in [0.3, 0.4) is 0 Å². The number of para-hydroxylation sites is 1. The summed E-state index contributed by atoms with van der Waals surface area (Å²) in [6, 6.07) is 30.1. The molecule has 0 fully saturated rings. The normalized spacial score (nSPS) is 12.0. The van der Waals surface area contributed by atoms with Gasteiger partial charge >= 0.3 is 0 Å². The van der Waals surface area contributed by atoms with Crippen molar-refractivity contribution in [3.8, 4) is 5.69 Å². The lowest BCUT2D eigenvalue weighted by atomic mass is 10.0. The molecule has 140 valence electrons. The molecule has 4 nitrogen and oxygen atoms in total. The number of benzene rings is 3. The van der Waals surface area contributed by atoms with Crippen molar-refractivity contribution in [2.45, 2.75) is 19.2 Å². The second-order valence-electron chi connectivity index (χ2n) is 6.82. The van der Waals surface area contributed by atoms with Crippen molar-refractivity contribution in [3.63, 3.8) is 0 Å². The fourth-order valence-electron chi connectivity index (χ4n) is 3.33. The van der Waals surface area contributed by atoms with Gasteiger partial charge in [-0.1, -0.05) is 78.9 Å². The topological polar surface area (TPSA) is 54.7 Å². The number of aliphatic hydroxyl groups excluding tert-OH is 1. The van der Waals surface area contributed by atoms with Crippen LogP contribution in [-0.2, 0) is 13.1 Å². The third-order valence-corrected chi connectivity index (χ3v) is 4.80. The highest BCUT2D eigenvalue weighted by Crippen LogP contribution is 2.24. The minimum absolute atomic E-state index is 0.708. The first-order chi connectivity index (χ1) is 13.8. The number of nitrogens with two attached hydrogens (primary N) is 1. The van der Waals surface area contributed by atoms with Crippen molar-refractivity contribution in [3.05, 3.63) is 120 Å². The van der Waals surface area contributed by atoms with E-state index in [4.69, 9.17) is 5.10 Å². The Labute approximate surface area is 165 Å². The Hall–Kier alpha value is -3.21. The van der Waals surface area contributed by atoms with Gasteiger partial charge in [0.25, 0.3) is 0 Å². The predicted molar refractivity (Wildman–Crippen MR) is 110 cm³/mol. The Morgan fingerprint density at radius 1 is 0.786 bits per heavy atom. The number of aromatic nitrogens is 2. The van der Waals surface area contributed by atoms with E-state index in [9.17, 15) is 5.11 Å². The average molecular weight is 370 g/mol. The molecule has 0 unspecified atom stereocenters. The number of quaternary nitrogens is 1. The Morgan fingerprint density at radius 2 is 1.39 bits per heavy atom. The molecule has 1 atom stereocenters. The Bertz CT molecular complexity index is 998. The summed E-state index contributed by atoms with van der Waals surface area (Å²) in [5.41, 5.74) is 4.86. The van der Waals surface area contributed by atoms with Crippen molar-refractivity contribution in [2.24, 2.45) is 0 Å². The minimum Gasteiger partial charge on any atom is -0.382 e. The summed E-state index contributed by atoms with van der Waals surface area (Å²) >= 11 is 0. The largest absolute Gasteiger partial charge is 0.382 e. The maximum atomic E-state index is 11.0. The predicted octanol–water partition coefficient (Wildman–Crippen LogP) is 3.22. The molecular weight excluding hydrogens is 346 g/mol. The van der Waals surface area contributed by atoms with Crippen LogP contribution in [0.2, 0.25) is 0 Å². The molecule has 3 aromatic carbocycles. The van der Waals surface area contributed by atoms with E-state index < -0.39 is 6.10 Å². The Balaban J connectivity index is 1.60. The molecule has 0 saturated carbocycles. The van der Waals surface area contributed by atoms with Crippen LogP contribution in [0.15, 0.2) is 97.2 Å². The first-order valence-corrected chi connectivity index (χ1v) is 9.54. The van der Waals surface area contributed by atoms with Gasteiger partial charge in [0.1, 0.15) is 24.9 Å². The number of nitrogens with zero attached hydrogens (tertiary/aromatic N) is 2. The molecule has 28 heavy (non-hydrogen) atoms. The first kappa shape index (κ1) is 18.2. The molecule has 1 aromatic heterocycles. The van der Waals surface area contributed by atoms with Gasteiger partial charge in [0.2, 0.25) is 0 Å². The number of hydrogen-bond acceptors (Lipinski definition) is 2. The van der Waals surface area contributed by atoms with Crippen molar-refractivity contribution in [2.75, 3.05) is 0 Å². The molecule has 0 saturated heterocycles. The quantitative estimate of drug-likeness (QED) is 0.525. The molecule has 0 aliphatic carbocycles. The van der Waals surface area contributed by atoms with E-state index in [-0.39, 0.29) is 0 Å². The van der Waals surface area contributed by atoms with Crippen LogP contribution in [0.5, 0.6) is 0 Å². The van der Waals surface area contributed by atoms with Gasteiger partial charge in [-0.25, -0.2) is 4.68 Å². The molecule has 1 heterocycles. The molecule has 0 aliphatic rings. The van der Waals surface area contributed by atoms with Crippen molar-refractivity contribution in [1.82, 2.24) is 9.78 Å². The lowest BCUT2D eigenvalue weighted by Crippen LogP contribution is -2.80. The van der Waals surface area contributed by atoms with E-state index in [0.717, 1.165) is 29.9 Å². The average Bonchev–Trinajstić information content (AvgIpc) is 3.19. The highest BCUT2D eigenvalue weighted by molar-refractivity contribution is 5.35. The fourth-order valence-corrected chi connectivity index (χ4v) is 3.33. The van der Waals surface area contributed by atoms with Crippen molar-refractivity contribution >= 4 is 0 Å².